The molecule has 0 atom stereocenters. The highest BCUT2D eigenvalue weighted by molar-refractivity contribution is 7.86. The van der Waals surface area contributed by atoms with E-state index >= 15 is 0 Å². The minimum absolute atomic E-state index is 0.0939. The van der Waals surface area contributed by atoms with Crippen LogP contribution in [0, 0.1) is 16.2 Å². The van der Waals surface area contributed by atoms with Crippen molar-refractivity contribution >= 4 is 38.0 Å². The average molecular weight is 519 g/mol. The number of amidine groups is 2. The number of nitrogens with one attached hydrogen (secondary N) is 2. The molecule has 0 unspecified atom stereocenters. The third-order valence-corrected chi connectivity index (χ3v) is 5.54. The molecule has 10 N–H and O–H groups in total. The fourth-order valence-corrected chi connectivity index (χ4v) is 2.77. The quantitative estimate of drug-likeness (QED) is 0.132. The van der Waals surface area contributed by atoms with Gasteiger partial charge in [-0.3, -0.25) is 19.9 Å². The maximum absolute atomic E-state index is 9.63. The first-order chi connectivity index (χ1) is 15.7. The number of nitrogens with two attached hydrogens (primary N) is 2. The monoisotopic (exact) mass is 518 g/mol. The molecule has 0 radical (unpaired) electrons. The van der Waals surface area contributed by atoms with Gasteiger partial charge in [0, 0.05) is 0 Å². The zero-order valence-electron chi connectivity index (χ0n) is 18.2. The van der Waals surface area contributed by atoms with Crippen LogP contribution in [0.25, 0.3) is 6.08 Å². The van der Waals surface area contributed by atoms with Gasteiger partial charge in [0.2, 0.25) is 0 Å². The molecule has 0 saturated carbocycles. The second kappa shape index (κ2) is 14.4. The second-order valence-corrected chi connectivity index (χ2v) is 9.95. The fourth-order valence-electron chi connectivity index (χ4n) is 2.31. The minimum atomic E-state index is -3.92. The zero-order chi connectivity index (χ0) is 26.4. The van der Waals surface area contributed by atoms with Crippen LogP contribution in [-0.2, 0) is 20.2 Å². The van der Waals surface area contributed by atoms with Gasteiger partial charge in [-0.15, -0.1) is 0 Å². The maximum Gasteiger partial charge on any atom is 0.267 e. The van der Waals surface area contributed by atoms with Crippen LogP contribution in [0.4, 0.5) is 0 Å². The lowest BCUT2D eigenvalue weighted by molar-refractivity contribution is 0.314. The Kier molecular flexibility index (Phi) is 13.2. The Hall–Kier alpha value is -2.88. The summed E-state index contributed by atoms with van der Waals surface area (Å²) in [4.78, 5) is 0. The predicted octanol–water partition coefficient (Wildman–Crippen LogP) is 0.177. The van der Waals surface area contributed by atoms with Crippen LogP contribution >= 0.6 is 0 Å². The van der Waals surface area contributed by atoms with Crippen LogP contribution in [0.1, 0.15) is 12.0 Å². The third-order valence-electron chi connectivity index (χ3n) is 4.15. The molecule has 0 fully saturated rings. The molecule has 14 heteroatoms. The van der Waals surface area contributed by atoms with E-state index in [1.165, 1.54) is 0 Å². The molecule has 34 heavy (non-hydrogen) atoms. The molecule has 2 rings (SSSR count). The highest BCUT2D eigenvalue weighted by Crippen LogP contribution is 2.30. The van der Waals surface area contributed by atoms with Crippen molar-refractivity contribution in [2.75, 3.05) is 24.7 Å². The van der Waals surface area contributed by atoms with Crippen LogP contribution in [0.2, 0.25) is 0 Å². The first-order valence-electron chi connectivity index (χ1n) is 9.60. The molecule has 0 saturated heterocycles. The van der Waals surface area contributed by atoms with E-state index in [1.54, 1.807) is 6.08 Å². The molecule has 1 aliphatic carbocycles. The van der Waals surface area contributed by atoms with E-state index in [0.717, 1.165) is 11.1 Å². The van der Waals surface area contributed by atoms with Crippen LogP contribution in [0.5, 0.6) is 0 Å². The van der Waals surface area contributed by atoms with Crippen molar-refractivity contribution in [1.82, 2.24) is 0 Å². The van der Waals surface area contributed by atoms with Gasteiger partial charge in [-0.2, -0.15) is 16.8 Å². The summed E-state index contributed by atoms with van der Waals surface area (Å²) in [6.45, 7) is -1.06. The van der Waals surface area contributed by atoms with Crippen molar-refractivity contribution in [2.45, 2.75) is 6.42 Å². The van der Waals surface area contributed by atoms with E-state index in [0.29, 0.717) is 6.42 Å². The highest BCUT2D eigenvalue weighted by Gasteiger charge is 2.35. The van der Waals surface area contributed by atoms with E-state index in [2.05, 4.69) is 0 Å². The minimum Gasteiger partial charge on any atom is -0.395 e. The largest absolute Gasteiger partial charge is 0.395 e. The Labute approximate surface area is 198 Å². The molecule has 0 spiro atoms. The first kappa shape index (κ1) is 31.1. The highest BCUT2D eigenvalue weighted by atomic mass is 32.2. The molecule has 1 aromatic carbocycles. The number of hydrogen-bond acceptors (Lipinski definition) is 8. The van der Waals surface area contributed by atoms with Gasteiger partial charge < -0.3 is 21.7 Å². The Morgan fingerprint density at radius 1 is 0.912 bits per heavy atom. The summed E-state index contributed by atoms with van der Waals surface area (Å²) in [5.74, 6) is -1.34. The van der Waals surface area contributed by atoms with Gasteiger partial charge in [-0.1, -0.05) is 60.7 Å². The van der Waals surface area contributed by atoms with Gasteiger partial charge in [0.1, 0.15) is 17.1 Å². The molecule has 0 aromatic heterocycles. The molecule has 1 aromatic rings. The number of benzene rings is 1. The predicted molar refractivity (Wildman–Crippen MR) is 131 cm³/mol. The molecule has 0 bridgehead atoms. The maximum atomic E-state index is 9.63. The molecule has 190 valence electrons. The van der Waals surface area contributed by atoms with Gasteiger partial charge in [-0.25, -0.2) is 0 Å². The van der Waals surface area contributed by atoms with Gasteiger partial charge in [0.25, 0.3) is 20.2 Å². The van der Waals surface area contributed by atoms with E-state index in [-0.39, 0.29) is 11.7 Å². The lowest BCUT2D eigenvalue weighted by Crippen LogP contribution is -2.45. The number of aliphatic hydroxyl groups is 2. The summed E-state index contributed by atoms with van der Waals surface area (Å²) in [6.07, 6.45) is 10.00. The number of hydrogen-bond donors (Lipinski definition) is 8. The van der Waals surface area contributed by atoms with Gasteiger partial charge in [0.15, 0.2) is 0 Å². The molecular weight excluding hydrogens is 488 g/mol. The molecule has 0 heterocycles. The summed E-state index contributed by atoms with van der Waals surface area (Å²) >= 11 is 0. The Morgan fingerprint density at radius 2 is 1.38 bits per heavy atom. The smallest absolute Gasteiger partial charge is 0.267 e. The van der Waals surface area contributed by atoms with Crippen LogP contribution in [-0.4, -0.2) is 72.5 Å². The van der Waals surface area contributed by atoms with Crippen LogP contribution in [0.3, 0.4) is 0 Å². The van der Waals surface area contributed by atoms with Gasteiger partial charge in [0.05, 0.1) is 24.7 Å². The van der Waals surface area contributed by atoms with Crippen LogP contribution < -0.4 is 11.5 Å². The van der Waals surface area contributed by atoms with Crippen molar-refractivity contribution in [3.8, 4) is 0 Å². The number of aliphatic hydroxyl groups excluding tert-OH is 2. The molecule has 0 amide bonds. The normalized spacial score (nSPS) is 17.6. The lowest BCUT2D eigenvalue weighted by Gasteiger charge is -2.29. The Balaban J connectivity index is 0.000000642. The van der Waals surface area contributed by atoms with Gasteiger partial charge >= 0.3 is 0 Å². The zero-order valence-corrected chi connectivity index (χ0v) is 19.8. The first-order valence-corrected chi connectivity index (χ1v) is 12.8. The third kappa shape index (κ3) is 13.0. The van der Waals surface area contributed by atoms with E-state index in [4.69, 9.17) is 41.6 Å². The van der Waals surface area contributed by atoms with E-state index in [9.17, 15) is 16.8 Å². The summed E-state index contributed by atoms with van der Waals surface area (Å²) < 4.78 is 54.2. The van der Waals surface area contributed by atoms with E-state index < -0.39 is 50.4 Å². The standard InChI is InChI=1S/C16H18N4.2C2H6O4S/c17-14(18)16(15(19)20)10-8-13(9-11-16)7-6-12-4-2-1-3-5-12;2*3-1-2-7(4,5)6/h1-10H,11H2,(H3,17,18)(H3,19,20);2*3H,1-2H2,(H,4,5,6). The van der Waals surface area contributed by atoms with Crippen molar-refractivity contribution in [3.63, 3.8) is 0 Å². The SMILES string of the molecule is N=C(N)C1(C(=N)N)C=CC(C=Cc2ccccc2)=CC1.O=S(=O)(O)CCO.O=S(=O)(O)CCO. The fraction of sp³-hybridized carbons (Fsp3) is 0.300. The topological polar surface area (TPSA) is 249 Å². The molecule has 0 aliphatic heterocycles. The van der Waals surface area contributed by atoms with Crippen molar-refractivity contribution in [1.29, 1.82) is 10.8 Å². The lowest BCUT2D eigenvalue weighted by atomic mass is 9.78. The average Bonchev–Trinajstić information content (AvgIpc) is 2.72. The Bertz CT molecular complexity index is 1060. The Morgan fingerprint density at radius 3 is 1.68 bits per heavy atom. The van der Waals surface area contributed by atoms with E-state index in [1.807, 2.05) is 54.6 Å². The molecule has 12 nitrogen and oxygen atoms in total. The summed E-state index contributed by atoms with van der Waals surface area (Å²) in [7, 11) is -7.85. The van der Waals surface area contributed by atoms with Gasteiger partial charge in [-0.05, 0) is 17.6 Å². The number of rotatable bonds is 8. The summed E-state index contributed by atoms with van der Waals surface area (Å²) in [5.41, 5.74) is 12.3. The molecule has 1 aliphatic rings. The number of allylic oxidation sites excluding steroid dienone is 4. The van der Waals surface area contributed by atoms with Crippen LogP contribution in [0.15, 0.2) is 60.2 Å². The van der Waals surface area contributed by atoms with Crippen molar-refractivity contribution in [2.24, 2.45) is 16.9 Å². The molecular formula is C20H30N4O8S2. The van der Waals surface area contributed by atoms with Crippen molar-refractivity contribution < 1.29 is 36.2 Å². The summed E-state index contributed by atoms with van der Waals surface area (Å²) in [6, 6.07) is 10.0. The summed E-state index contributed by atoms with van der Waals surface area (Å²) in [5, 5.41) is 31.0. The van der Waals surface area contributed by atoms with Crippen molar-refractivity contribution in [3.05, 3.63) is 65.8 Å². The second-order valence-electron chi connectivity index (χ2n) is 6.80.